The lowest BCUT2D eigenvalue weighted by molar-refractivity contribution is 0.572. The summed E-state index contributed by atoms with van der Waals surface area (Å²) in [5.74, 6) is 1.36. The lowest BCUT2D eigenvalue weighted by Gasteiger charge is -2.28. The highest BCUT2D eigenvalue weighted by Gasteiger charge is 2.15. The number of hydrogen-bond acceptors (Lipinski definition) is 3. The minimum atomic E-state index is -0.241. The molecule has 1 aliphatic rings. The van der Waals surface area contributed by atoms with Crippen LogP contribution in [0.25, 0.3) is 11.3 Å². The van der Waals surface area contributed by atoms with Crippen LogP contribution < -0.4 is 4.90 Å². The van der Waals surface area contributed by atoms with Gasteiger partial charge >= 0.3 is 0 Å². The summed E-state index contributed by atoms with van der Waals surface area (Å²) >= 11 is 0. The number of anilines is 1. The average Bonchev–Trinajstić information content (AvgIpc) is 2.48. The van der Waals surface area contributed by atoms with E-state index in [-0.39, 0.29) is 5.82 Å². The van der Waals surface area contributed by atoms with Gasteiger partial charge in [0.15, 0.2) is 0 Å². The molecule has 0 unspecified atom stereocenters. The van der Waals surface area contributed by atoms with E-state index in [0.717, 1.165) is 18.9 Å². The van der Waals surface area contributed by atoms with Crippen molar-refractivity contribution >= 4 is 5.82 Å². The summed E-state index contributed by atoms with van der Waals surface area (Å²) in [5.41, 5.74) is 1.20. The number of aryl methyl sites for hydroxylation is 1. The molecule has 0 aliphatic carbocycles. The Bertz CT molecular complexity index is 606. The van der Waals surface area contributed by atoms with Gasteiger partial charge in [-0.3, -0.25) is 0 Å². The number of hydrogen-bond donors (Lipinski definition) is 0. The third kappa shape index (κ3) is 2.64. The fourth-order valence-corrected chi connectivity index (χ4v) is 2.64. The van der Waals surface area contributed by atoms with Gasteiger partial charge < -0.3 is 4.90 Å². The van der Waals surface area contributed by atoms with Crippen LogP contribution in [0, 0.1) is 12.7 Å². The van der Waals surface area contributed by atoms with Gasteiger partial charge in [-0.2, -0.15) is 0 Å². The SMILES string of the molecule is Cc1nc(-c2ccccc2F)cc(N2CCCCC2)n1. The van der Waals surface area contributed by atoms with Gasteiger partial charge in [0.1, 0.15) is 17.5 Å². The molecule has 0 N–H and O–H groups in total. The summed E-state index contributed by atoms with van der Waals surface area (Å²) in [7, 11) is 0. The van der Waals surface area contributed by atoms with Gasteiger partial charge in [-0.15, -0.1) is 0 Å². The second kappa shape index (κ2) is 5.57. The largest absolute Gasteiger partial charge is 0.356 e. The molecule has 0 bridgehead atoms. The molecule has 2 heterocycles. The Hall–Kier alpha value is -1.97. The Labute approximate surface area is 118 Å². The maximum absolute atomic E-state index is 13.9. The molecule has 20 heavy (non-hydrogen) atoms. The highest BCUT2D eigenvalue weighted by atomic mass is 19.1. The minimum absolute atomic E-state index is 0.241. The molecule has 0 radical (unpaired) electrons. The maximum Gasteiger partial charge on any atom is 0.132 e. The molecular weight excluding hydrogens is 253 g/mol. The van der Waals surface area contributed by atoms with E-state index in [1.54, 1.807) is 12.1 Å². The highest BCUT2D eigenvalue weighted by Crippen LogP contribution is 2.25. The first kappa shape index (κ1) is 13.0. The van der Waals surface area contributed by atoms with E-state index in [0.29, 0.717) is 17.1 Å². The van der Waals surface area contributed by atoms with Crippen molar-refractivity contribution in [2.24, 2.45) is 0 Å². The van der Waals surface area contributed by atoms with Gasteiger partial charge in [-0.1, -0.05) is 12.1 Å². The first-order valence-corrected chi connectivity index (χ1v) is 7.09. The van der Waals surface area contributed by atoms with E-state index in [1.807, 2.05) is 19.1 Å². The number of piperidine rings is 1. The molecule has 0 spiro atoms. The van der Waals surface area contributed by atoms with Crippen molar-refractivity contribution in [2.45, 2.75) is 26.2 Å². The summed E-state index contributed by atoms with van der Waals surface area (Å²) in [5, 5.41) is 0. The van der Waals surface area contributed by atoms with Crippen LogP contribution in [0.2, 0.25) is 0 Å². The fourth-order valence-electron chi connectivity index (χ4n) is 2.64. The first-order chi connectivity index (χ1) is 9.74. The third-order valence-corrected chi connectivity index (χ3v) is 3.65. The zero-order valence-corrected chi connectivity index (χ0v) is 11.6. The Morgan fingerprint density at radius 3 is 2.55 bits per heavy atom. The van der Waals surface area contributed by atoms with E-state index in [9.17, 15) is 4.39 Å². The monoisotopic (exact) mass is 271 g/mol. The van der Waals surface area contributed by atoms with Crippen LogP contribution in [0.5, 0.6) is 0 Å². The van der Waals surface area contributed by atoms with E-state index in [4.69, 9.17) is 0 Å². The van der Waals surface area contributed by atoms with Crippen molar-refractivity contribution in [3.8, 4) is 11.3 Å². The summed E-state index contributed by atoms with van der Waals surface area (Å²) < 4.78 is 13.9. The number of halogens is 1. The molecular formula is C16H18FN3. The quantitative estimate of drug-likeness (QED) is 0.836. The molecule has 3 rings (SSSR count). The molecule has 1 aromatic carbocycles. The maximum atomic E-state index is 13.9. The summed E-state index contributed by atoms with van der Waals surface area (Å²) in [6.45, 7) is 3.90. The van der Waals surface area contributed by atoms with Gasteiger partial charge in [0.25, 0.3) is 0 Å². The van der Waals surface area contributed by atoms with E-state index in [1.165, 1.54) is 25.3 Å². The highest BCUT2D eigenvalue weighted by molar-refractivity contribution is 5.63. The minimum Gasteiger partial charge on any atom is -0.356 e. The van der Waals surface area contributed by atoms with E-state index < -0.39 is 0 Å². The first-order valence-electron chi connectivity index (χ1n) is 7.09. The van der Waals surface area contributed by atoms with Crippen LogP contribution in [-0.2, 0) is 0 Å². The van der Waals surface area contributed by atoms with E-state index >= 15 is 0 Å². The van der Waals surface area contributed by atoms with Gasteiger partial charge in [-0.05, 0) is 38.3 Å². The Balaban J connectivity index is 2.00. The van der Waals surface area contributed by atoms with Gasteiger partial charge in [-0.25, -0.2) is 14.4 Å². The smallest absolute Gasteiger partial charge is 0.132 e. The van der Waals surface area contributed by atoms with E-state index in [2.05, 4.69) is 14.9 Å². The average molecular weight is 271 g/mol. The molecule has 1 aromatic heterocycles. The van der Waals surface area contributed by atoms with Gasteiger partial charge in [0.2, 0.25) is 0 Å². The van der Waals surface area contributed by atoms with Crippen molar-refractivity contribution in [3.05, 3.63) is 42.0 Å². The molecule has 1 saturated heterocycles. The van der Waals surface area contributed by atoms with Crippen LogP contribution in [0.15, 0.2) is 30.3 Å². The lowest BCUT2D eigenvalue weighted by atomic mass is 10.1. The number of nitrogens with zero attached hydrogens (tertiary/aromatic N) is 3. The normalized spacial score (nSPS) is 15.4. The molecule has 0 saturated carbocycles. The molecule has 1 fully saturated rings. The standard InChI is InChI=1S/C16H18FN3/c1-12-18-15(13-7-3-4-8-14(13)17)11-16(19-12)20-9-5-2-6-10-20/h3-4,7-8,11H,2,5-6,9-10H2,1H3. The van der Waals surface area contributed by atoms with Crippen molar-refractivity contribution < 1.29 is 4.39 Å². The summed E-state index contributed by atoms with van der Waals surface area (Å²) in [6, 6.07) is 8.65. The fraction of sp³-hybridized carbons (Fsp3) is 0.375. The third-order valence-electron chi connectivity index (χ3n) is 3.65. The van der Waals surface area contributed by atoms with Crippen LogP contribution >= 0.6 is 0 Å². The molecule has 1 aliphatic heterocycles. The van der Waals surface area contributed by atoms with Gasteiger partial charge in [0.05, 0.1) is 5.69 Å². The Morgan fingerprint density at radius 2 is 1.80 bits per heavy atom. The van der Waals surface area contributed by atoms with Crippen LogP contribution in [0.4, 0.5) is 10.2 Å². The van der Waals surface area contributed by atoms with Gasteiger partial charge in [0, 0.05) is 24.7 Å². The zero-order valence-electron chi connectivity index (χ0n) is 11.6. The van der Waals surface area contributed by atoms with Crippen LogP contribution in [0.3, 0.4) is 0 Å². The van der Waals surface area contributed by atoms with Crippen molar-refractivity contribution in [1.82, 2.24) is 9.97 Å². The molecule has 0 atom stereocenters. The molecule has 3 nitrogen and oxygen atoms in total. The Morgan fingerprint density at radius 1 is 1.05 bits per heavy atom. The van der Waals surface area contributed by atoms with Crippen LogP contribution in [-0.4, -0.2) is 23.1 Å². The number of rotatable bonds is 2. The number of aromatic nitrogens is 2. The molecule has 4 heteroatoms. The molecule has 0 amide bonds. The van der Waals surface area contributed by atoms with Crippen LogP contribution in [0.1, 0.15) is 25.1 Å². The van der Waals surface area contributed by atoms with Crippen molar-refractivity contribution in [1.29, 1.82) is 0 Å². The Kier molecular flexibility index (Phi) is 3.63. The number of benzene rings is 1. The van der Waals surface area contributed by atoms with Crippen molar-refractivity contribution in [3.63, 3.8) is 0 Å². The predicted octanol–water partition coefficient (Wildman–Crippen LogP) is 3.58. The second-order valence-corrected chi connectivity index (χ2v) is 5.19. The zero-order chi connectivity index (χ0) is 13.9. The summed E-state index contributed by atoms with van der Waals surface area (Å²) in [4.78, 5) is 11.2. The summed E-state index contributed by atoms with van der Waals surface area (Å²) in [6.07, 6.45) is 3.66. The van der Waals surface area contributed by atoms with Crippen molar-refractivity contribution in [2.75, 3.05) is 18.0 Å². The molecule has 104 valence electrons. The predicted molar refractivity (Wildman–Crippen MR) is 78.2 cm³/mol. The lowest BCUT2D eigenvalue weighted by Crippen LogP contribution is -2.30. The topological polar surface area (TPSA) is 29.0 Å². The second-order valence-electron chi connectivity index (χ2n) is 5.19. The molecule has 2 aromatic rings.